The number of benzene rings is 2. The van der Waals surface area contributed by atoms with Gasteiger partial charge in [-0.1, -0.05) is 37.9 Å². The highest BCUT2D eigenvalue weighted by Gasteiger charge is 2.32. The zero-order valence-corrected chi connectivity index (χ0v) is 20.2. The second-order valence-electron chi connectivity index (χ2n) is 8.12. The highest BCUT2D eigenvalue weighted by atomic mass is 19.2. The van der Waals surface area contributed by atoms with Crippen LogP contribution in [0, 0.1) is 34.9 Å². The average Bonchev–Trinajstić information content (AvgIpc) is 2.85. The third-order valence-corrected chi connectivity index (χ3v) is 5.07. The topological polar surface area (TPSA) is 150 Å². The van der Waals surface area contributed by atoms with Gasteiger partial charge in [0.05, 0.1) is 0 Å². The van der Waals surface area contributed by atoms with Crippen molar-refractivity contribution in [2.24, 2.45) is 10.2 Å². The molecule has 2 rings (SSSR count). The number of halogens is 6. The summed E-state index contributed by atoms with van der Waals surface area (Å²) in [4.78, 5) is 29.3. The predicted molar refractivity (Wildman–Crippen MR) is 119 cm³/mol. The van der Waals surface area contributed by atoms with E-state index < -0.39 is 106 Å². The Kier molecular flexibility index (Phi) is 9.58. The van der Waals surface area contributed by atoms with E-state index in [1.165, 1.54) is 27.7 Å². The molecule has 0 fully saturated rings. The molecule has 0 heterocycles. The fraction of sp³-hybridized carbons (Fsp3) is 0.364. The maximum absolute atomic E-state index is 14.7. The largest absolute Gasteiger partial charge is 0.458 e. The van der Waals surface area contributed by atoms with Crippen molar-refractivity contribution in [3.63, 3.8) is 0 Å². The Labute approximate surface area is 210 Å². The number of nitrogens with zero attached hydrogens (tertiary/aromatic N) is 6. The van der Waals surface area contributed by atoms with Crippen LogP contribution in [0.5, 0.6) is 0 Å². The van der Waals surface area contributed by atoms with Crippen LogP contribution < -0.4 is 0 Å². The van der Waals surface area contributed by atoms with Crippen LogP contribution in [0.25, 0.3) is 20.9 Å². The van der Waals surface area contributed by atoms with Gasteiger partial charge in [-0.15, -0.1) is 0 Å². The summed E-state index contributed by atoms with van der Waals surface area (Å²) in [6.07, 6.45) is 0. The standard InChI is InChI=1S/C22H18F6N6O4/c1-7(2)9-11(13(23)17(27)19(15(9)25)31-33-29)21(35)37-5-6-38-22(36)12-10(8(3)4)16(26)20(32-34-30)18(28)14(12)24/h7-8H,5-6H2,1-4H3. The number of ether oxygens (including phenoxy) is 2. The molecule has 0 amide bonds. The number of hydrogen-bond acceptors (Lipinski definition) is 6. The minimum Gasteiger partial charge on any atom is -0.458 e. The van der Waals surface area contributed by atoms with Gasteiger partial charge in [0, 0.05) is 21.0 Å². The van der Waals surface area contributed by atoms with E-state index >= 15 is 0 Å². The molecule has 2 aromatic rings. The molecule has 0 unspecified atom stereocenters. The first kappa shape index (κ1) is 29.8. The lowest BCUT2D eigenvalue weighted by atomic mass is 9.94. The van der Waals surface area contributed by atoms with Crippen LogP contribution >= 0.6 is 0 Å². The van der Waals surface area contributed by atoms with Gasteiger partial charge in [0.25, 0.3) is 0 Å². The molecule has 0 saturated heterocycles. The van der Waals surface area contributed by atoms with Gasteiger partial charge in [0.2, 0.25) is 0 Å². The second kappa shape index (κ2) is 12.2. The fourth-order valence-electron chi connectivity index (χ4n) is 3.49. The highest BCUT2D eigenvalue weighted by Crippen LogP contribution is 2.37. The molecule has 0 aliphatic rings. The zero-order chi connectivity index (χ0) is 28.9. The van der Waals surface area contributed by atoms with Crippen LogP contribution in [0.1, 0.15) is 71.4 Å². The van der Waals surface area contributed by atoms with E-state index in [1.54, 1.807) is 0 Å². The summed E-state index contributed by atoms with van der Waals surface area (Å²) in [7, 11) is 0. The van der Waals surface area contributed by atoms with Crippen molar-refractivity contribution in [1.29, 1.82) is 0 Å². The summed E-state index contributed by atoms with van der Waals surface area (Å²) < 4.78 is 96.3. The first-order valence-electron chi connectivity index (χ1n) is 10.7. The predicted octanol–water partition coefficient (Wildman–Crippen LogP) is 7.67. The van der Waals surface area contributed by atoms with Crippen LogP contribution in [-0.2, 0) is 9.47 Å². The molecule has 202 valence electrons. The molecular formula is C22H18F6N6O4. The van der Waals surface area contributed by atoms with Gasteiger partial charge in [0.1, 0.15) is 47.3 Å². The van der Waals surface area contributed by atoms with Crippen molar-refractivity contribution in [3.8, 4) is 0 Å². The van der Waals surface area contributed by atoms with Gasteiger partial charge in [-0.3, -0.25) is 0 Å². The number of esters is 2. The van der Waals surface area contributed by atoms with Crippen molar-refractivity contribution in [1.82, 2.24) is 0 Å². The summed E-state index contributed by atoms with van der Waals surface area (Å²) >= 11 is 0. The van der Waals surface area contributed by atoms with Crippen LogP contribution in [-0.4, -0.2) is 25.2 Å². The van der Waals surface area contributed by atoms with E-state index in [9.17, 15) is 35.9 Å². The molecule has 0 aliphatic carbocycles. The van der Waals surface area contributed by atoms with Gasteiger partial charge >= 0.3 is 11.9 Å². The lowest BCUT2D eigenvalue weighted by Crippen LogP contribution is -2.20. The Morgan fingerprint density at radius 1 is 0.658 bits per heavy atom. The number of azide groups is 2. The minimum atomic E-state index is -1.94. The van der Waals surface area contributed by atoms with Crippen LogP contribution in [0.2, 0.25) is 0 Å². The Bertz CT molecular complexity index is 1300. The minimum absolute atomic E-state index is 0.650. The van der Waals surface area contributed by atoms with Gasteiger partial charge in [-0.2, -0.15) is 0 Å². The fourth-order valence-corrected chi connectivity index (χ4v) is 3.49. The van der Waals surface area contributed by atoms with Crippen LogP contribution in [0.15, 0.2) is 10.2 Å². The van der Waals surface area contributed by atoms with Crippen molar-refractivity contribution in [2.45, 2.75) is 39.5 Å². The Morgan fingerprint density at radius 3 is 1.24 bits per heavy atom. The van der Waals surface area contributed by atoms with Crippen molar-refractivity contribution in [2.75, 3.05) is 13.2 Å². The molecule has 16 heteroatoms. The van der Waals surface area contributed by atoms with E-state index in [2.05, 4.69) is 20.1 Å². The monoisotopic (exact) mass is 544 g/mol. The van der Waals surface area contributed by atoms with E-state index in [-0.39, 0.29) is 0 Å². The SMILES string of the molecule is CC(C)c1c(F)c(N=[N+]=[N-])c(F)c(F)c1C(=O)OCCOC(=O)c1c(F)c(F)c(N=[N+]=[N-])c(F)c1C(C)C. The zero-order valence-electron chi connectivity index (χ0n) is 20.2. The summed E-state index contributed by atoms with van der Waals surface area (Å²) in [5.41, 5.74) is 10.8. The van der Waals surface area contributed by atoms with Crippen LogP contribution in [0.3, 0.4) is 0 Å². The molecule has 0 atom stereocenters. The molecule has 0 saturated carbocycles. The molecule has 10 nitrogen and oxygen atoms in total. The quantitative estimate of drug-likeness (QED) is 0.0605. The number of hydrogen-bond donors (Lipinski definition) is 0. The highest BCUT2D eigenvalue weighted by molar-refractivity contribution is 5.93. The maximum Gasteiger partial charge on any atom is 0.341 e. The summed E-state index contributed by atoms with van der Waals surface area (Å²) in [5, 5.41) is 5.52. The maximum atomic E-state index is 14.7. The Hall–Kier alpha value is -4.42. The normalized spacial score (nSPS) is 10.7. The van der Waals surface area contributed by atoms with E-state index in [1.807, 2.05) is 0 Å². The molecule has 38 heavy (non-hydrogen) atoms. The average molecular weight is 544 g/mol. The number of rotatable bonds is 9. The Morgan fingerprint density at radius 2 is 0.974 bits per heavy atom. The molecule has 0 radical (unpaired) electrons. The van der Waals surface area contributed by atoms with Crippen LogP contribution in [0.4, 0.5) is 37.7 Å². The second-order valence-corrected chi connectivity index (χ2v) is 8.12. The lowest BCUT2D eigenvalue weighted by molar-refractivity contribution is 0.0256. The first-order valence-corrected chi connectivity index (χ1v) is 10.7. The van der Waals surface area contributed by atoms with E-state index in [0.717, 1.165) is 0 Å². The Balaban J connectivity index is 2.30. The molecule has 2 aromatic carbocycles. The first-order chi connectivity index (χ1) is 17.8. The van der Waals surface area contributed by atoms with Gasteiger partial charge in [0.15, 0.2) is 23.3 Å². The molecule has 0 bridgehead atoms. The number of carbonyl (C=O) groups excluding carboxylic acids is 2. The molecule has 0 N–H and O–H groups in total. The number of carbonyl (C=O) groups is 2. The molecule has 0 aliphatic heterocycles. The third-order valence-electron chi connectivity index (χ3n) is 5.07. The van der Waals surface area contributed by atoms with Gasteiger partial charge in [-0.25, -0.2) is 35.9 Å². The van der Waals surface area contributed by atoms with Crippen molar-refractivity contribution >= 4 is 23.3 Å². The summed E-state index contributed by atoms with van der Waals surface area (Å²) in [6, 6.07) is 0. The molecule has 0 aromatic heterocycles. The summed E-state index contributed by atoms with van der Waals surface area (Å²) in [6.45, 7) is 3.65. The molecule has 0 spiro atoms. The lowest BCUT2D eigenvalue weighted by Gasteiger charge is -2.17. The van der Waals surface area contributed by atoms with E-state index in [0.29, 0.717) is 0 Å². The third kappa shape index (κ3) is 5.61. The van der Waals surface area contributed by atoms with E-state index in [4.69, 9.17) is 20.5 Å². The van der Waals surface area contributed by atoms with Gasteiger partial charge in [-0.05, 0) is 22.9 Å². The van der Waals surface area contributed by atoms with Crippen molar-refractivity contribution in [3.05, 3.63) is 78.0 Å². The molecular weight excluding hydrogens is 526 g/mol. The summed E-state index contributed by atoms with van der Waals surface area (Å²) in [5.74, 6) is -15.5. The van der Waals surface area contributed by atoms with Crippen molar-refractivity contribution < 1.29 is 45.4 Å². The van der Waals surface area contributed by atoms with Gasteiger partial charge < -0.3 is 9.47 Å². The smallest absolute Gasteiger partial charge is 0.341 e.